The van der Waals surface area contributed by atoms with E-state index in [0.717, 1.165) is 24.0 Å². The lowest BCUT2D eigenvalue weighted by Crippen LogP contribution is -2.53. The summed E-state index contributed by atoms with van der Waals surface area (Å²) in [6.07, 6.45) is 20.8. The van der Waals surface area contributed by atoms with Gasteiger partial charge in [-0.15, -0.1) is 0 Å². The zero-order chi connectivity index (χ0) is 34.7. The van der Waals surface area contributed by atoms with Gasteiger partial charge in [0, 0.05) is 39.3 Å². The molecular formula is C42H53N4O2. The summed E-state index contributed by atoms with van der Waals surface area (Å²) in [5.74, 6) is 0.259. The number of hydrogen-bond donors (Lipinski definition) is 3. The van der Waals surface area contributed by atoms with Crippen LogP contribution in [-0.4, -0.2) is 30.9 Å². The molecule has 2 amide bonds. The third-order valence-corrected chi connectivity index (χ3v) is 8.59. The van der Waals surface area contributed by atoms with Gasteiger partial charge >= 0.3 is 0 Å². The van der Waals surface area contributed by atoms with Crippen LogP contribution in [0.1, 0.15) is 74.5 Å². The molecule has 1 heterocycles. The van der Waals surface area contributed by atoms with E-state index >= 15 is 0 Å². The Bertz CT molecular complexity index is 1630. The number of nitriles is 1. The number of allylic oxidation sites excluding steroid dienone is 8. The number of benzene rings is 3. The first-order valence-electron chi connectivity index (χ1n) is 16.6. The number of nitrogens with one attached hydrogen (secondary N) is 2. The molecule has 5 rings (SSSR count). The molecule has 4 N–H and O–H groups in total. The fraction of sp³-hybridized carbons (Fsp3) is 0.286. The molecule has 1 aliphatic carbocycles. The molecule has 4 atom stereocenters. The number of nitrogens with two attached hydrogens (primary N) is 1. The topological polar surface area (TPSA) is 108 Å². The highest BCUT2D eigenvalue weighted by Gasteiger charge is 2.38. The molecule has 0 aromatic heterocycles. The fourth-order valence-corrected chi connectivity index (χ4v) is 5.99. The van der Waals surface area contributed by atoms with E-state index in [1.807, 2.05) is 62.5 Å². The van der Waals surface area contributed by atoms with Gasteiger partial charge in [-0.25, -0.2) is 0 Å². The lowest BCUT2D eigenvalue weighted by Gasteiger charge is -2.40. The Labute approximate surface area is 290 Å². The molecule has 0 spiro atoms. The SMILES string of the molecule is CNC(C)C1C(C)NC(=O)C[C@@H]1c1ccc(C#N)cc1.Cc1cccc(C(N)=O)c1.[CH]1\C=C/C=C\C=C/C=C\1CCCc1ccccc1.[HH].[HH]. The molecule has 1 radical (unpaired) electrons. The molecule has 253 valence electrons. The second kappa shape index (κ2) is 20.3. The normalized spacial score (nSPS) is 22.0. The molecule has 2 aliphatic rings. The zero-order valence-electron chi connectivity index (χ0n) is 28.6. The number of piperidine rings is 1. The number of hydrogen-bond acceptors (Lipinski definition) is 4. The van der Waals surface area contributed by atoms with Crippen molar-refractivity contribution in [2.45, 2.75) is 64.5 Å². The predicted molar refractivity (Wildman–Crippen MR) is 201 cm³/mol. The standard InChI is InChI=1S/C18H19.C16H21N3O.C8H9NO.2H2/c1-2-4-7-12-17(11-6-3-1)15-10-16-18-13-8-5-9-14-18;1-10(18-3)16-11(2)19-15(20)8-14(16)13-6-4-12(9-17)5-7-13;1-6-3-2-4-7(5-6)8(9)10;;/h1-9,11-14H,10,15-16H2;4-7,10-11,14,16,18H,8H2,1-3H3,(H,19,20);2-5H,1H3,(H2,9,10);2*1H/b2-1-,6-3-,7-4-,17-11+;;;;/t;10?,11?,14-,16?;;;/m.1.../s1. The van der Waals surface area contributed by atoms with Crippen LogP contribution in [-0.2, 0) is 11.2 Å². The van der Waals surface area contributed by atoms with Crippen LogP contribution in [0, 0.1) is 30.6 Å². The van der Waals surface area contributed by atoms with E-state index in [0.29, 0.717) is 29.5 Å². The minimum absolute atomic E-state index is 0. The average molecular weight is 646 g/mol. The van der Waals surface area contributed by atoms with Gasteiger partial charge in [0.15, 0.2) is 0 Å². The summed E-state index contributed by atoms with van der Waals surface area (Å²) >= 11 is 0. The van der Waals surface area contributed by atoms with Gasteiger partial charge in [0.2, 0.25) is 11.8 Å². The van der Waals surface area contributed by atoms with Gasteiger partial charge in [0.25, 0.3) is 0 Å². The predicted octanol–water partition coefficient (Wildman–Crippen LogP) is 8.18. The van der Waals surface area contributed by atoms with E-state index in [-0.39, 0.29) is 26.6 Å². The van der Waals surface area contributed by atoms with Gasteiger partial charge in [-0.3, -0.25) is 9.59 Å². The molecule has 0 saturated carbocycles. The van der Waals surface area contributed by atoms with E-state index < -0.39 is 0 Å². The number of rotatable bonds is 8. The molecule has 1 aliphatic heterocycles. The van der Waals surface area contributed by atoms with Crippen molar-refractivity contribution in [3.05, 3.63) is 161 Å². The van der Waals surface area contributed by atoms with Gasteiger partial charge in [0.05, 0.1) is 11.6 Å². The van der Waals surface area contributed by atoms with Crippen molar-refractivity contribution in [1.29, 1.82) is 5.26 Å². The first-order valence-corrected chi connectivity index (χ1v) is 16.6. The highest BCUT2D eigenvalue weighted by molar-refractivity contribution is 5.92. The Morgan fingerprint density at radius 1 is 0.979 bits per heavy atom. The maximum atomic E-state index is 11.9. The second-order valence-electron chi connectivity index (χ2n) is 12.2. The van der Waals surface area contributed by atoms with E-state index in [1.54, 1.807) is 12.1 Å². The first kappa shape index (κ1) is 37.5. The Morgan fingerprint density at radius 2 is 1.67 bits per heavy atom. The van der Waals surface area contributed by atoms with Crippen molar-refractivity contribution < 1.29 is 12.4 Å². The number of aryl methyl sites for hydroxylation is 2. The van der Waals surface area contributed by atoms with Crippen molar-refractivity contribution in [3.63, 3.8) is 0 Å². The van der Waals surface area contributed by atoms with E-state index in [2.05, 4.69) is 97.7 Å². The number of carbonyl (C=O) groups is 2. The van der Waals surface area contributed by atoms with Gasteiger partial charge in [-0.2, -0.15) is 5.26 Å². The Hall–Kier alpha value is -4.99. The van der Waals surface area contributed by atoms with Crippen LogP contribution in [0.25, 0.3) is 0 Å². The Balaban J connectivity index is 0.000000386. The largest absolute Gasteiger partial charge is 0.366 e. The Kier molecular flexibility index (Phi) is 15.8. The lowest BCUT2D eigenvalue weighted by molar-refractivity contribution is -0.125. The molecule has 6 heteroatoms. The quantitative estimate of drug-likeness (QED) is 0.230. The van der Waals surface area contributed by atoms with Crippen molar-refractivity contribution in [1.82, 2.24) is 10.6 Å². The van der Waals surface area contributed by atoms with Gasteiger partial charge in [-0.1, -0.05) is 108 Å². The molecule has 48 heavy (non-hydrogen) atoms. The van der Waals surface area contributed by atoms with Gasteiger partial charge < -0.3 is 16.4 Å². The summed E-state index contributed by atoms with van der Waals surface area (Å²) in [5, 5.41) is 15.2. The summed E-state index contributed by atoms with van der Waals surface area (Å²) in [6, 6.07) is 28.1. The van der Waals surface area contributed by atoms with Gasteiger partial charge in [0.1, 0.15) is 0 Å². The van der Waals surface area contributed by atoms with Crippen LogP contribution in [0.3, 0.4) is 0 Å². The lowest BCUT2D eigenvalue weighted by atomic mass is 9.73. The van der Waals surface area contributed by atoms with Crippen molar-refractivity contribution >= 4 is 11.8 Å². The maximum absolute atomic E-state index is 11.9. The van der Waals surface area contributed by atoms with E-state index in [9.17, 15) is 9.59 Å². The van der Waals surface area contributed by atoms with Gasteiger partial charge in [-0.05, 0) is 88.4 Å². The van der Waals surface area contributed by atoms with Crippen LogP contribution in [0.15, 0.2) is 127 Å². The molecule has 1 fully saturated rings. The third kappa shape index (κ3) is 12.7. The van der Waals surface area contributed by atoms with E-state index in [1.165, 1.54) is 17.6 Å². The van der Waals surface area contributed by atoms with Crippen LogP contribution in [0.4, 0.5) is 0 Å². The summed E-state index contributed by atoms with van der Waals surface area (Å²) in [6.45, 7) is 6.13. The minimum Gasteiger partial charge on any atom is -0.366 e. The third-order valence-electron chi connectivity index (χ3n) is 8.59. The van der Waals surface area contributed by atoms with Crippen LogP contribution in [0.2, 0.25) is 0 Å². The zero-order valence-corrected chi connectivity index (χ0v) is 28.6. The molecule has 1 saturated heterocycles. The summed E-state index contributed by atoms with van der Waals surface area (Å²) in [7, 11) is 1.95. The maximum Gasteiger partial charge on any atom is 0.248 e. The molecule has 6 nitrogen and oxygen atoms in total. The first-order chi connectivity index (χ1) is 23.2. The van der Waals surface area contributed by atoms with Crippen LogP contribution in [0.5, 0.6) is 0 Å². The van der Waals surface area contributed by atoms with Crippen molar-refractivity contribution in [3.8, 4) is 6.07 Å². The molecular weight excluding hydrogens is 592 g/mol. The average Bonchev–Trinajstić information content (AvgIpc) is 3.23. The van der Waals surface area contributed by atoms with Crippen LogP contribution >= 0.6 is 0 Å². The summed E-state index contributed by atoms with van der Waals surface area (Å²) in [4.78, 5) is 22.4. The number of nitrogens with zero attached hydrogens (tertiary/aromatic N) is 1. The highest BCUT2D eigenvalue weighted by atomic mass is 16.2. The van der Waals surface area contributed by atoms with Crippen molar-refractivity contribution in [2.24, 2.45) is 11.7 Å². The Morgan fingerprint density at radius 3 is 2.29 bits per heavy atom. The van der Waals surface area contributed by atoms with E-state index in [4.69, 9.17) is 11.0 Å². The molecule has 3 aromatic rings. The smallest absolute Gasteiger partial charge is 0.248 e. The monoisotopic (exact) mass is 645 g/mol. The second-order valence-corrected chi connectivity index (χ2v) is 12.2. The number of carbonyl (C=O) groups excluding carboxylic acids is 2. The molecule has 0 bridgehead atoms. The summed E-state index contributed by atoms with van der Waals surface area (Å²) < 4.78 is 0. The summed E-state index contributed by atoms with van der Waals surface area (Å²) in [5.41, 5.74) is 11.3. The number of primary amides is 1. The van der Waals surface area contributed by atoms with Crippen molar-refractivity contribution in [2.75, 3.05) is 7.05 Å². The highest BCUT2D eigenvalue weighted by Crippen LogP contribution is 2.36. The molecule has 3 aromatic carbocycles. The minimum atomic E-state index is -0.372. The van der Waals surface area contributed by atoms with Crippen LogP contribution < -0.4 is 16.4 Å². The molecule has 3 unspecified atom stereocenters. The fourth-order valence-electron chi connectivity index (χ4n) is 5.99. The number of amides is 2.